The fourth-order valence-corrected chi connectivity index (χ4v) is 4.58. The first-order valence-electron chi connectivity index (χ1n) is 10.3. The Hall–Kier alpha value is -2.53. The van der Waals surface area contributed by atoms with Crippen LogP contribution in [-0.2, 0) is 27.9 Å². The van der Waals surface area contributed by atoms with Crippen LogP contribution in [0.3, 0.4) is 0 Å². The van der Waals surface area contributed by atoms with Crippen molar-refractivity contribution in [2.45, 2.75) is 38.1 Å². The van der Waals surface area contributed by atoms with Gasteiger partial charge in [-0.05, 0) is 55.0 Å². The smallest absolute Gasteiger partial charge is 0.233 e. The summed E-state index contributed by atoms with van der Waals surface area (Å²) in [6.45, 7) is 4.63. The van der Waals surface area contributed by atoms with E-state index in [0.29, 0.717) is 25.5 Å². The molecule has 0 saturated carbocycles. The van der Waals surface area contributed by atoms with Gasteiger partial charge in [0.15, 0.2) is 11.5 Å². The molecule has 1 saturated heterocycles. The molecule has 0 atom stereocenters. The minimum atomic E-state index is -0.500. The zero-order chi connectivity index (χ0) is 20.4. The van der Waals surface area contributed by atoms with Crippen molar-refractivity contribution in [1.82, 2.24) is 4.90 Å². The highest BCUT2D eigenvalue weighted by molar-refractivity contribution is 5.88. The van der Waals surface area contributed by atoms with E-state index in [-0.39, 0.29) is 5.91 Å². The predicted molar refractivity (Wildman–Crippen MR) is 112 cm³/mol. The van der Waals surface area contributed by atoms with Gasteiger partial charge in [-0.15, -0.1) is 0 Å². The van der Waals surface area contributed by atoms with Crippen LogP contribution in [0.4, 0.5) is 0 Å². The molecule has 0 spiro atoms. The van der Waals surface area contributed by atoms with Crippen LogP contribution in [0.15, 0.2) is 36.4 Å². The number of carbonyl (C=O) groups excluding carboxylic acids is 1. The largest absolute Gasteiger partial charge is 0.493 e. The van der Waals surface area contributed by atoms with Crippen molar-refractivity contribution in [3.63, 3.8) is 0 Å². The number of ether oxygens (including phenoxy) is 3. The zero-order valence-corrected chi connectivity index (χ0v) is 17.5. The van der Waals surface area contributed by atoms with E-state index in [1.807, 2.05) is 17.0 Å². The molecular formula is C24H29NO4. The Morgan fingerprint density at radius 3 is 2.24 bits per heavy atom. The third kappa shape index (κ3) is 3.60. The van der Waals surface area contributed by atoms with Gasteiger partial charge in [-0.3, -0.25) is 4.79 Å². The molecule has 5 nitrogen and oxygen atoms in total. The van der Waals surface area contributed by atoms with Gasteiger partial charge in [-0.2, -0.15) is 0 Å². The third-order valence-corrected chi connectivity index (χ3v) is 6.37. The molecule has 2 aromatic carbocycles. The van der Waals surface area contributed by atoms with E-state index in [1.165, 1.54) is 11.1 Å². The van der Waals surface area contributed by atoms with Crippen molar-refractivity contribution in [3.05, 3.63) is 58.7 Å². The van der Waals surface area contributed by atoms with Crippen LogP contribution in [0.25, 0.3) is 0 Å². The summed E-state index contributed by atoms with van der Waals surface area (Å²) in [6, 6.07) is 12.5. The molecular weight excluding hydrogens is 366 g/mol. The lowest BCUT2D eigenvalue weighted by atomic mass is 9.72. The van der Waals surface area contributed by atoms with E-state index in [0.717, 1.165) is 42.7 Å². The van der Waals surface area contributed by atoms with E-state index in [9.17, 15) is 4.79 Å². The molecule has 0 bridgehead atoms. The van der Waals surface area contributed by atoms with Gasteiger partial charge in [-0.25, -0.2) is 0 Å². The lowest BCUT2D eigenvalue weighted by molar-refractivity contribution is -0.142. The Labute approximate surface area is 172 Å². The molecule has 0 aliphatic carbocycles. The number of aryl methyl sites for hydroxylation is 1. The van der Waals surface area contributed by atoms with Gasteiger partial charge in [0, 0.05) is 26.3 Å². The summed E-state index contributed by atoms with van der Waals surface area (Å²) in [6.07, 6.45) is 2.27. The fourth-order valence-electron chi connectivity index (χ4n) is 4.58. The molecule has 0 radical (unpaired) electrons. The molecule has 0 aromatic heterocycles. The minimum Gasteiger partial charge on any atom is -0.493 e. The maximum Gasteiger partial charge on any atom is 0.233 e. The summed E-state index contributed by atoms with van der Waals surface area (Å²) in [4.78, 5) is 15.9. The van der Waals surface area contributed by atoms with Crippen LogP contribution in [0.2, 0.25) is 0 Å². The quantitative estimate of drug-likeness (QED) is 0.793. The van der Waals surface area contributed by atoms with E-state index in [1.54, 1.807) is 14.2 Å². The van der Waals surface area contributed by atoms with Crippen molar-refractivity contribution in [1.29, 1.82) is 0 Å². The van der Waals surface area contributed by atoms with Crippen LogP contribution >= 0.6 is 0 Å². The minimum absolute atomic E-state index is 0.213. The van der Waals surface area contributed by atoms with Crippen molar-refractivity contribution in [2.75, 3.05) is 34.0 Å². The Balaban J connectivity index is 1.65. The number of carbonyl (C=O) groups is 1. The van der Waals surface area contributed by atoms with Gasteiger partial charge in [0.25, 0.3) is 0 Å². The van der Waals surface area contributed by atoms with Crippen molar-refractivity contribution >= 4 is 5.91 Å². The lowest BCUT2D eigenvalue weighted by Gasteiger charge is -2.41. The highest BCUT2D eigenvalue weighted by Gasteiger charge is 2.44. The summed E-state index contributed by atoms with van der Waals surface area (Å²) in [5.41, 5.74) is 4.17. The molecule has 2 aromatic rings. The number of rotatable bonds is 4. The molecule has 154 valence electrons. The molecule has 0 N–H and O–H groups in total. The van der Waals surface area contributed by atoms with E-state index < -0.39 is 5.41 Å². The average Bonchev–Trinajstić information content (AvgIpc) is 2.78. The maximum absolute atomic E-state index is 13.9. The number of benzene rings is 2. The second-order valence-electron chi connectivity index (χ2n) is 8.01. The predicted octanol–water partition coefficient (Wildman–Crippen LogP) is 3.65. The van der Waals surface area contributed by atoms with Crippen LogP contribution < -0.4 is 9.47 Å². The van der Waals surface area contributed by atoms with Gasteiger partial charge in [0.1, 0.15) is 0 Å². The van der Waals surface area contributed by atoms with Crippen molar-refractivity contribution in [3.8, 4) is 11.5 Å². The molecule has 2 heterocycles. The number of hydrogen-bond acceptors (Lipinski definition) is 4. The fraction of sp³-hybridized carbons (Fsp3) is 0.458. The van der Waals surface area contributed by atoms with Crippen LogP contribution in [0.5, 0.6) is 11.5 Å². The van der Waals surface area contributed by atoms with Gasteiger partial charge >= 0.3 is 0 Å². The number of hydrogen-bond donors (Lipinski definition) is 0. The molecule has 0 unspecified atom stereocenters. The molecule has 5 heteroatoms. The molecule has 2 aliphatic heterocycles. The maximum atomic E-state index is 13.9. The Morgan fingerprint density at radius 1 is 1.00 bits per heavy atom. The van der Waals surface area contributed by atoms with Gasteiger partial charge in [0.05, 0.1) is 19.6 Å². The zero-order valence-electron chi connectivity index (χ0n) is 17.5. The van der Waals surface area contributed by atoms with Gasteiger partial charge in [0.2, 0.25) is 5.91 Å². The Bertz CT molecular complexity index is 884. The average molecular weight is 395 g/mol. The van der Waals surface area contributed by atoms with E-state index in [4.69, 9.17) is 14.2 Å². The Morgan fingerprint density at radius 2 is 1.62 bits per heavy atom. The first-order valence-corrected chi connectivity index (χ1v) is 10.3. The van der Waals surface area contributed by atoms with Gasteiger partial charge < -0.3 is 19.1 Å². The summed E-state index contributed by atoms with van der Waals surface area (Å²) in [5, 5.41) is 0. The number of nitrogens with zero attached hydrogens (tertiary/aromatic N) is 1. The number of amides is 1. The monoisotopic (exact) mass is 395 g/mol. The first kappa shape index (κ1) is 19.8. The van der Waals surface area contributed by atoms with Crippen LogP contribution in [0.1, 0.15) is 35.1 Å². The van der Waals surface area contributed by atoms with Crippen molar-refractivity contribution < 1.29 is 19.0 Å². The normalized spacial score (nSPS) is 18.1. The standard InChI is InChI=1S/C24H29NO4/c1-17-4-6-20(7-5-17)24(9-12-29-13-10-24)23(26)25-11-8-18-14-21(27-2)22(28-3)15-19(18)16-25/h4-7,14-15H,8-13,16H2,1-3H3. The van der Waals surface area contributed by atoms with E-state index >= 15 is 0 Å². The molecule has 1 fully saturated rings. The van der Waals surface area contributed by atoms with E-state index in [2.05, 4.69) is 31.2 Å². The van der Waals surface area contributed by atoms with Gasteiger partial charge in [-0.1, -0.05) is 29.8 Å². The highest BCUT2D eigenvalue weighted by atomic mass is 16.5. The summed E-state index contributed by atoms with van der Waals surface area (Å²) < 4.78 is 16.5. The molecule has 4 rings (SSSR count). The molecule has 29 heavy (non-hydrogen) atoms. The van der Waals surface area contributed by atoms with Crippen molar-refractivity contribution in [2.24, 2.45) is 0 Å². The highest BCUT2D eigenvalue weighted by Crippen LogP contribution is 2.39. The topological polar surface area (TPSA) is 48.0 Å². The second kappa shape index (κ2) is 8.07. The Kier molecular flexibility index (Phi) is 5.50. The second-order valence-corrected chi connectivity index (χ2v) is 8.01. The first-order chi connectivity index (χ1) is 14.1. The van der Waals surface area contributed by atoms with Crippen LogP contribution in [-0.4, -0.2) is 44.8 Å². The summed E-state index contributed by atoms with van der Waals surface area (Å²) in [7, 11) is 3.30. The van der Waals surface area contributed by atoms with Crippen LogP contribution in [0, 0.1) is 6.92 Å². The number of methoxy groups -OCH3 is 2. The SMILES string of the molecule is COc1cc2c(cc1OC)CN(C(=O)C1(c3ccc(C)cc3)CCOCC1)CC2. The summed E-state index contributed by atoms with van der Waals surface area (Å²) in [5.74, 6) is 1.66. The molecule has 1 amide bonds. The summed E-state index contributed by atoms with van der Waals surface area (Å²) >= 11 is 0. The third-order valence-electron chi connectivity index (χ3n) is 6.37. The molecule has 2 aliphatic rings. The lowest BCUT2D eigenvalue weighted by Crippen LogP contribution is -2.51. The number of fused-ring (bicyclic) bond motifs is 1.